The Morgan fingerprint density at radius 2 is 1.76 bits per heavy atom. The molecule has 0 saturated heterocycles. The lowest BCUT2D eigenvalue weighted by Crippen LogP contribution is -1.98. The zero-order valence-corrected chi connectivity index (χ0v) is 12.7. The lowest BCUT2D eigenvalue weighted by atomic mass is 10.0. The molecule has 1 aliphatic heterocycles. The predicted molar refractivity (Wildman–Crippen MR) is 87.8 cm³/mol. The van der Waals surface area contributed by atoms with Gasteiger partial charge in [-0.05, 0) is 41.5 Å². The summed E-state index contributed by atoms with van der Waals surface area (Å²) >= 11 is 12.0. The van der Waals surface area contributed by atoms with Crippen LogP contribution in [-0.4, -0.2) is 5.71 Å². The molecule has 21 heavy (non-hydrogen) atoms. The second-order valence-corrected chi connectivity index (χ2v) is 5.70. The van der Waals surface area contributed by atoms with Crippen LogP contribution >= 0.6 is 23.2 Å². The molecule has 0 amide bonds. The molecular weight excluding hydrogens is 305 g/mol. The number of nitrogens with zero attached hydrogens (tertiary/aromatic N) is 1. The van der Waals surface area contributed by atoms with Crippen molar-refractivity contribution < 1.29 is 4.84 Å². The molecule has 2 aromatic rings. The van der Waals surface area contributed by atoms with Crippen LogP contribution in [0.3, 0.4) is 0 Å². The summed E-state index contributed by atoms with van der Waals surface area (Å²) in [6, 6.07) is 15.3. The van der Waals surface area contributed by atoms with Gasteiger partial charge in [0.05, 0.1) is 5.71 Å². The summed E-state index contributed by atoms with van der Waals surface area (Å²) in [5.74, 6) is 0. The Hall–Kier alpha value is -1.77. The van der Waals surface area contributed by atoms with Gasteiger partial charge in [-0.25, -0.2) is 0 Å². The lowest BCUT2D eigenvalue weighted by molar-refractivity contribution is 0.0857. The maximum atomic E-state index is 6.00. The molecule has 1 unspecified atom stereocenters. The Balaban J connectivity index is 1.67. The molecule has 0 spiro atoms. The minimum atomic E-state index is -0.0669. The van der Waals surface area contributed by atoms with Gasteiger partial charge >= 0.3 is 0 Å². The monoisotopic (exact) mass is 317 g/mol. The van der Waals surface area contributed by atoms with Crippen LogP contribution in [-0.2, 0) is 4.84 Å². The smallest absolute Gasteiger partial charge is 0.158 e. The van der Waals surface area contributed by atoms with E-state index in [0.29, 0.717) is 5.02 Å². The molecule has 1 aliphatic rings. The van der Waals surface area contributed by atoms with Gasteiger partial charge in [-0.3, -0.25) is 0 Å². The van der Waals surface area contributed by atoms with E-state index >= 15 is 0 Å². The van der Waals surface area contributed by atoms with E-state index in [1.54, 1.807) is 0 Å². The van der Waals surface area contributed by atoms with Crippen LogP contribution in [0.4, 0.5) is 0 Å². The van der Waals surface area contributed by atoms with Crippen LogP contribution in [0, 0.1) is 0 Å². The molecule has 106 valence electrons. The van der Waals surface area contributed by atoms with Crippen molar-refractivity contribution in [2.75, 3.05) is 0 Å². The predicted octanol–water partition coefficient (Wildman–Crippen LogP) is 5.52. The van der Waals surface area contributed by atoms with Crippen LogP contribution in [0.25, 0.3) is 6.08 Å². The Labute approximate surface area is 133 Å². The largest absolute Gasteiger partial charge is 0.387 e. The summed E-state index contributed by atoms with van der Waals surface area (Å²) in [6.45, 7) is 0. The quantitative estimate of drug-likeness (QED) is 0.730. The first-order valence-corrected chi connectivity index (χ1v) is 7.38. The molecule has 0 radical (unpaired) electrons. The average molecular weight is 318 g/mol. The van der Waals surface area contributed by atoms with Crippen molar-refractivity contribution in [1.82, 2.24) is 0 Å². The minimum absolute atomic E-state index is 0.0669. The third-order valence-electron chi connectivity index (χ3n) is 3.23. The molecule has 0 aromatic heterocycles. The van der Waals surface area contributed by atoms with E-state index in [2.05, 4.69) is 5.16 Å². The molecule has 1 heterocycles. The second-order valence-electron chi connectivity index (χ2n) is 4.82. The van der Waals surface area contributed by atoms with Gasteiger partial charge < -0.3 is 4.84 Å². The Morgan fingerprint density at radius 3 is 2.52 bits per heavy atom. The molecule has 2 nitrogen and oxygen atoms in total. The molecule has 1 atom stereocenters. The minimum Gasteiger partial charge on any atom is -0.387 e. The number of oxime groups is 1. The number of halogens is 2. The van der Waals surface area contributed by atoms with Crippen LogP contribution in [0.15, 0.2) is 59.8 Å². The number of hydrogen-bond acceptors (Lipinski definition) is 2. The van der Waals surface area contributed by atoms with Gasteiger partial charge in [-0.15, -0.1) is 0 Å². The highest BCUT2D eigenvalue weighted by Crippen LogP contribution is 2.29. The highest BCUT2D eigenvalue weighted by atomic mass is 35.5. The molecule has 0 fully saturated rings. The van der Waals surface area contributed by atoms with Crippen molar-refractivity contribution in [1.29, 1.82) is 0 Å². The van der Waals surface area contributed by atoms with E-state index < -0.39 is 0 Å². The summed E-state index contributed by atoms with van der Waals surface area (Å²) < 4.78 is 0. The molecule has 2 aromatic carbocycles. The highest BCUT2D eigenvalue weighted by molar-refractivity contribution is 6.31. The Kier molecular flexibility index (Phi) is 4.28. The van der Waals surface area contributed by atoms with Gasteiger partial charge in [0.25, 0.3) is 0 Å². The average Bonchev–Trinajstić information content (AvgIpc) is 2.94. The maximum absolute atomic E-state index is 6.00. The van der Waals surface area contributed by atoms with E-state index in [4.69, 9.17) is 28.0 Å². The SMILES string of the molecule is Clc1cccc(/C=C/C2=NOC(c3cccc(Cl)c3)C2)c1. The summed E-state index contributed by atoms with van der Waals surface area (Å²) in [6.07, 6.45) is 4.60. The first-order valence-electron chi connectivity index (χ1n) is 6.62. The van der Waals surface area contributed by atoms with Gasteiger partial charge in [0.2, 0.25) is 0 Å². The van der Waals surface area contributed by atoms with Crippen LogP contribution < -0.4 is 0 Å². The normalized spacial score (nSPS) is 17.8. The van der Waals surface area contributed by atoms with Crippen molar-refractivity contribution in [2.24, 2.45) is 5.16 Å². The summed E-state index contributed by atoms with van der Waals surface area (Å²) in [4.78, 5) is 5.47. The van der Waals surface area contributed by atoms with Crippen molar-refractivity contribution in [3.8, 4) is 0 Å². The third kappa shape index (κ3) is 3.66. The molecule has 0 saturated carbocycles. The number of hydrogen-bond donors (Lipinski definition) is 0. The molecule has 0 aliphatic carbocycles. The van der Waals surface area contributed by atoms with Crippen LogP contribution in [0.5, 0.6) is 0 Å². The summed E-state index contributed by atoms with van der Waals surface area (Å²) in [5, 5.41) is 5.54. The Morgan fingerprint density at radius 1 is 1.00 bits per heavy atom. The van der Waals surface area contributed by atoms with Crippen molar-refractivity contribution in [3.63, 3.8) is 0 Å². The van der Waals surface area contributed by atoms with Gasteiger partial charge in [-0.2, -0.15) is 0 Å². The van der Waals surface area contributed by atoms with Gasteiger partial charge in [0.1, 0.15) is 0 Å². The molecule has 0 N–H and O–H groups in total. The van der Waals surface area contributed by atoms with Crippen molar-refractivity contribution in [2.45, 2.75) is 12.5 Å². The van der Waals surface area contributed by atoms with Crippen molar-refractivity contribution in [3.05, 3.63) is 75.8 Å². The van der Waals surface area contributed by atoms with E-state index in [9.17, 15) is 0 Å². The molecule has 4 heteroatoms. The van der Waals surface area contributed by atoms with E-state index in [0.717, 1.165) is 28.3 Å². The van der Waals surface area contributed by atoms with Gasteiger partial charge in [-0.1, -0.05) is 58.7 Å². The van der Waals surface area contributed by atoms with E-state index in [-0.39, 0.29) is 6.10 Å². The summed E-state index contributed by atoms with van der Waals surface area (Å²) in [7, 11) is 0. The Bertz CT molecular complexity index is 709. The standard InChI is InChI=1S/C17H13Cl2NO/c18-14-5-1-3-12(9-14)7-8-16-11-17(21-20-16)13-4-2-6-15(19)10-13/h1-10,17H,11H2/b8-7+. The fourth-order valence-corrected chi connectivity index (χ4v) is 2.58. The first-order chi connectivity index (χ1) is 10.2. The van der Waals surface area contributed by atoms with Crippen LogP contribution in [0.1, 0.15) is 23.7 Å². The van der Waals surface area contributed by atoms with E-state index in [1.165, 1.54) is 0 Å². The highest BCUT2D eigenvalue weighted by Gasteiger charge is 2.21. The fourth-order valence-electron chi connectivity index (χ4n) is 2.18. The molecule has 0 bridgehead atoms. The fraction of sp³-hybridized carbons (Fsp3) is 0.118. The summed E-state index contributed by atoms with van der Waals surface area (Å²) in [5.41, 5.74) is 2.98. The van der Waals surface area contributed by atoms with Gasteiger partial charge in [0, 0.05) is 16.5 Å². The maximum Gasteiger partial charge on any atom is 0.158 e. The number of rotatable bonds is 3. The first kappa shape index (κ1) is 14.2. The molecule has 3 rings (SSSR count). The van der Waals surface area contributed by atoms with Crippen molar-refractivity contribution >= 4 is 35.0 Å². The molecular formula is C17H13Cl2NO. The van der Waals surface area contributed by atoms with E-state index in [1.807, 2.05) is 60.7 Å². The third-order valence-corrected chi connectivity index (χ3v) is 3.70. The second kappa shape index (κ2) is 6.33. The van der Waals surface area contributed by atoms with Gasteiger partial charge in [0.15, 0.2) is 6.10 Å². The zero-order valence-electron chi connectivity index (χ0n) is 11.2. The number of allylic oxidation sites excluding steroid dienone is 1. The zero-order chi connectivity index (χ0) is 14.7. The lowest BCUT2D eigenvalue weighted by Gasteiger charge is -2.07. The number of benzene rings is 2. The van der Waals surface area contributed by atoms with Crippen LogP contribution in [0.2, 0.25) is 10.0 Å². The topological polar surface area (TPSA) is 21.6 Å².